The summed E-state index contributed by atoms with van der Waals surface area (Å²) in [4.78, 5) is 4.82. The summed E-state index contributed by atoms with van der Waals surface area (Å²) in [5.74, 6) is 2.51. The van der Waals surface area contributed by atoms with Crippen LogP contribution in [0.4, 0.5) is 5.82 Å². The summed E-state index contributed by atoms with van der Waals surface area (Å²) in [5.41, 5.74) is 2.36. The smallest absolute Gasteiger partial charge is 0.166 e. The van der Waals surface area contributed by atoms with Gasteiger partial charge < -0.3 is 8.27 Å². The molecule has 2 heterocycles. The zero-order chi connectivity index (χ0) is 17.6. The molecule has 26 heavy (non-hydrogen) atoms. The van der Waals surface area contributed by atoms with Crippen LogP contribution in [0.3, 0.4) is 0 Å². The molecule has 0 radical (unpaired) electrons. The zero-order valence-electron chi connectivity index (χ0n) is 14.7. The Morgan fingerprint density at radius 1 is 1.15 bits per heavy atom. The molecule has 0 spiro atoms. The number of H-pyrrole nitrogens is 1. The van der Waals surface area contributed by atoms with Crippen LogP contribution in [0.2, 0.25) is 0 Å². The molecule has 1 aromatic carbocycles. The first-order chi connectivity index (χ1) is 12.9. The summed E-state index contributed by atoms with van der Waals surface area (Å²) in [6, 6.07) is 10.6. The maximum Gasteiger partial charge on any atom is 0.166 e. The first kappa shape index (κ1) is 17.8. The molecule has 0 amide bonds. The number of amidine groups is 1. The van der Waals surface area contributed by atoms with E-state index in [0.717, 1.165) is 49.6 Å². The van der Waals surface area contributed by atoms with E-state index in [1.54, 1.807) is 0 Å². The highest BCUT2D eigenvalue weighted by Gasteiger charge is 2.22. The molecule has 1 aliphatic heterocycles. The molecule has 1 fully saturated rings. The third-order valence-corrected chi connectivity index (χ3v) is 6.50. The second-order valence-corrected chi connectivity index (χ2v) is 8.34. The van der Waals surface area contributed by atoms with Gasteiger partial charge in [0.1, 0.15) is 27.1 Å². The second-order valence-electron chi connectivity index (χ2n) is 6.83. The van der Waals surface area contributed by atoms with Crippen molar-refractivity contribution in [3.05, 3.63) is 47.7 Å². The molecule has 1 aliphatic carbocycles. The molecule has 0 bridgehead atoms. The molecule has 2 N–H and O–H groups in total. The molecule has 2 aromatic rings. The summed E-state index contributed by atoms with van der Waals surface area (Å²) in [6.07, 6.45) is 7.93. The third-order valence-electron chi connectivity index (χ3n) is 5.02. The van der Waals surface area contributed by atoms with E-state index in [4.69, 9.17) is 9.73 Å². The van der Waals surface area contributed by atoms with Crippen molar-refractivity contribution in [2.45, 2.75) is 38.2 Å². The number of hydrogen-bond acceptors (Lipinski definition) is 4. The molecule has 7 heteroatoms. The molecule has 1 aromatic heterocycles. The number of aromatic nitrogens is 2. The van der Waals surface area contributed by atoms with Gasteiger partial charge in [0.05, 0.1) is 24.5 Å². The van der Waals surface area contributed by atoms with Crippen molar-refractivity contribution in [3.8, 4) is 0 Å². The molecule has 138 valence electrons. The van der Waals surface area contributed by atoms with Gasteiger partial charge >= 0.3 is 0 Å². The van der Waals surface area contributed by atoms with E-state index in [2.05, 4.69) is 47.2 Å². The summed E-state index contributed by atoms with van der Waals surface area (Å²) < 4.78 is 13.9. The molecule has 2 aliphatic rings. The van der Waals surface area contributed by atoms with Crippen LogP contribution in [-0.4, -0.2) is 35.3 Å². The molecular formula is C19H24IN5O. The minimum atomic E-state index is -0.401. The van der Waals surface area contributed by atoms with Crippen molar-refractivity contribution in [1.82, 2.24) is 13.7 Å². The van der Waals surface area contributed by atoms with E-state index in [-0.39, 0.29) is 0 Å². The summed E-state index contributed by atoms with van der Waals surface area (Å²) >= 11 is -0.401. The fraction of sp³-hybridized carbons (Fsp3) is 0.474. The predicted octanol–water partition coefficient (Wildman–Crippen LogP) is 4.28. The van der Waals surface area contributed by atoms with E-state index < -0.39 is 21.3 Å². The monoisotopic (exact) mass is 465 g/mol. The van der Waals surface area contributed by atoms with Crippen molar-refractivity contribution in [1.29, 1.82) is 0 Å². The van der Waals surface area contributed by atoms with Crippen LogP contribution in [0.1, 0.15) is 36.8 Å². The van der Waals surface area contributed by atoms with Crippen LogP contribution in [-0.2, 0) is 11.2 Å². The third kappa shape index (κ3) is 4.56. The molecular weight excluding hydrogens is 441 g/mol. The standard InChI is InChI=1S/C19H24IN5O/c1-2-4-14(5-3-1)10-11-26-16-8-6-15(7-9-16)12-21-18-17-13-22-25-19(17)24-20-23-18/h1-5,13,15-16H,6-12H2,(H2,21,22,23,24,25). The lowest BCUT2D eigenvalue weighted by Crippen LogP contribution is -2.25. The van der Waals surface area contributed by atoms with Crippen LogP contribution < -0.4 is 3.53 Å². The second kappa shape index (κ2) is 8.85. The number of aromatic amines is 1. The van der Waals surface area contributed by atoms with E-state index >= 15 is 0 Å². The lowest BCUT2D eigenvalue weighted by atomic mass is 9.87. The van der Waals surface area contributed by atoms with Gasteiger partial charge in [0, 0.05) is 6.54 Å². The van der Waals surface area contributed by atoms with Gasteiger partial charge in [0.2, 0.25) is 0 Å². The van der Waals surface area contributed by atoms with Crippen LogP contribution in [0.15, 0.2) is 44.7 Å². The Hall–Kier alpha value is -1.61. The Labute approximate surface area is 164 Å². The van der Waals surface area contributed by atoms with Crippen LogP contribution in [0, 0.1) is 5.92 Å². The number of halogens is 1. The van der Waals surface area contributed by atoms with Gasteiger partial charge in [-0.2, -0.15) is 8.24 Å². The van der Waals surface area contributed by atoms with Gasteiger partial charge in [-0.05, 0) is 43.6 Å². The van der Waals surface area contributed by atoms with Crippen molar-refractivity contribution < 1.29 is 4.74 Å². The highest BCUT2D eigenvalue weighted by atomic mass is 127. The largest absolute Gasteiger partial charge is 0.378 e. The SMILES string of the molecule is c1ccc(CCOC2CCC(CN=C3NI=Nc4[nH]ncc43)CC2)cc1. The molecule has 0 atom stereocenters. The molecule has 6 nitrogen and oxygen atoms in total. The lowest BCUT2D eigenvalue weighted by Gasteiger charge is -2.28. The van der Waals surface area contributed by atoms with Gasteiger partial charge in [-0.15, -0.1) is 0 Å². The summed E-state index contributed by atoms with van der Waals surface area (Å²) in [6.45, 7) is 1.70. The quantitative estimate of drug-likeness (QED) is 0.494. The minimum absolute atomic E-state index is 0.401. The fourth-order valence-corrected chi connectivity index (χ4v) is 4.90. The number of nitrogens with zero attached hydrogens (tertiary/aromatic N) is 3. The van der Waals surface area contributed by atoms with E-state index in [1.807, 2.05) is 6.20 Å². The molecule has 0 saturated heterocycles. The average Bonchev–Trinajstić information content (AvgIpc) is 3.18. The van der Waals surface area contributed by atoms with E-state index in [9.17, 15) is 0 Å². The first-order valence-corrected chi connectivity index (χ1v) is 11.3. The topological polar surface area (TPSA) is 74.7 Å². The van der Waals surface area contributed by atoms with Gasteiger partial charge in [-0.25, -0.2) is 0 Å². The lowest BCUT2D eigenvalue weighted by molar-refractivity contribution is 0.0207. The van der Waals surface area contributed by atoms with Gasteiger partial charge in [0.25, 0.3) is 0 Å². The minimum Gasteiger partial charge on any atom is -0.378 e. The van der Waals surface area contributed by atoms with Crippen LogP contribution >= 0.6 is 21.3 Å². The van der Waals surface area contributed by atoms with Crippen LogP contribution in [0.25, 0.3) is 0 Å². The Morgan fingerprint density at radius 2 is 2.00 bits per heavy atom. The van der Waals surface area contributed by atoms with Crippen molar-refractivity contribution in [2.75, 3.05) is 13.2 Å². The Balaban J connectivity index is 1.20. The highest BCUT2D eigenvalue weighted by Crippen LogP contribution is 2.28. The Morgan fingerprint density at radius 3 is 2.85 bits per heavy atom. The number of rotatable bonds is 6. The average molecular weight is 465 g/mol. The summed E-state index contributed by atoms with van der Waals surface area (Å²) in [7, 11) is 0. The normalized spacial score (nSPS) is 23.9. The summed E-state index contributed by atoms with van der Waals surface area (Å²) in [5, 5.41) is 7.01. The predicted molar refractivity (Wildman–Crippen MR) is 111 cm³/mol. The first-order valence-electron chi connectivity index (χ1n) is 9.22. The number of nitrogens with one attached hydrogen (secondary N) is 2. The number of benzene rings is 1. The van der Waals surface area contributed by atoms with Crippen molar-refractivity contribution >= 4 is 33.0 Å². The number of fused-ring (bicyclic) bond motifs is 1. The maximum absolute atomic E-state index is 6.10. The molecule has 1 saturated carbocycles. The molecule has 4 rings (SSSR count). The van der Waals surface area contributed by atoms with E-state index in [1.165, 1.54) is 18.4 Å². The van der Waals surface area contributed by atoms with Crippen molar-refractivity contribution in [2.24, 2.45) is 14.1 Å². The maximum atomic E-state index is 6.10. The van der Waals surface area contributed by atoms with Gasteiger partial charge in [0.15, 0.2) is 5.82 Å². The Bertz CT molecular complexity index is 765. The zero-order valence-corrected chi connectivity index (χ0v) is 16.9. The van der Waals surface area contributed by atoms with Gasteiger partial charge in [-0.3, -0.25) is 10.1 Å². The fourth-order valence-electron chi connectivity index (χ4n) is 3.48. The number of hydrogen-bond donors (Lipinski definition) is 2. The van der Waals surface area contributed by atoms with Gasteiger partial charge in [-0.1, -0.05) is 30.3 Å². The Kier molecular flexibility index (Phi) is 6.06. The van der Waals surface area contributed by atoms with Crippen LogP contribution in [0.5, 0.6) is 0 Å². The number of ether oxygens (including phenoxy) is 1. The van der Waals surface area contributed by atoms with Crippen molar-refractivity contribution in [3.63, 3.8) is 0 Å². The van der Waals surface area contributed by atoms with E-state index in [0.29, 0.717) is 12.0 Å². The highest BCUT2D eigenvalue weighted by molar-refractivity contribution is 14.1. The number of aliphatic imine (C=N–C) groups is 1. The molecule has 0 unspecified atom stereocenters.